The Morgan fingerprint density at radius 1 is 1.29 bits per heavy atom. The fourth-order valence-corrected chi connectivity index (χ4v) is 3.12. The number of hydrogen-bond donors (Lipinski definition) is 2. The van der Waals surface area contributed by atoms with Crippen molar-refractivity contribution in [3.8, 4) is 0 Å². The van der Waals surface area contributed by atoms with Crippen molar-refractivity contribution >= 4 is 57.2 Å². The number of pyridine rings is 1. The van der Waals surface area contributed by atoms with E-state index in [1.807, 2.05) is 24.4 Å². The standard InChI is InChI=1S/C14H17BrN4S.HI/c1-16-14(19-10-12-5-6-13(15)20-12)18-9-7-11-4-2-3-8-17-11;/h2-6,8H,7,9-10H2,1H3,(H2,16,18,19);1H. The van der Waals surface area contributed by atoms with Crippen LogP contribution >= 0.6 is 51.2 Å². The quantitative estimate of drug-likeness (QED) is 0.391. The molecule has 0 bridgehead atoms. The molecule has 4 nitrogen and oxygen atoms in total. The lowest BCUT2D eigenvalue weighted by Gasteiger charge is -2.10. The maximum atomic E-state index is 4.29. The highest BCUT2D eigenvalue weighted by Gasteiger charge is 2.01. The molecule has 2 rings (SSSR count). The van der Waals surface area contributed by atoms with Crippen LogP contribution in [0, 0.1) is 0 Å². The maximum Gasteiger partial charge on any atom is 0.191 e. The van der Waals surface area contributed by atoms with Crippen molar-refractivity contribution in [2.24, 2.45) is 4.99 Å². The largest absolute Gasteiger partial charge is 0.356 e. The number of nitrogens with one attached hydrogen (secondary N) is 2. The van der Waals surface area contributed by atoms with E-state index in [9.17, 15) is 0 Å². The van der Waals surface area contributed by atoms with Gasteiger partial charge in [0.1, 0.15) is 0 Å². The van der Waals surface area contributed by atoms with Gasteiger partial charge >= 0.3 is 0 Å². The first kappa shape index (κ1) is 18.4. The Kier molecular flexibility index (Phi) is 8.86. The van der Waals surface area contributed by atoms with E-state index in [2.05, 4.69) is 48.7 Å². The molecule has 0 radical (unpaired) electrons. The molecular weight excluding hydrogens is 463 g/mol. The zero-order valence-corrected chi connectivity index (χ0v) is 16.4. The summed E-state index contributed by atoms with van der Waals surface area (Å²) >= 11 is 5.18. The second-order valence-electron chi connectivity index (χ2n) is 4.13. The lowest BCUT2D eigenvalue weighted by atomic mass is 10.3. The van der Waals surface area contributed by atoms with Gasteiger partial charge in [0.25, 0.3) is 0 Å². The third-order valence-electron chi connectivity index (χ3n) is 2.68. The molecule has 0 fully saturated rings. The summed E-state index contributed by atoms with van der Waals surface area (Å²) in [5.74, 6) is 0.811. The molecule has 114 valence electrons. The van der Waals surface area contributed by atoms with Crippen LogP contribution in [0.25, 0.3) is 0 Å². The van der Waals surface area contributed by atoms with Crippen LogP contribution in [-0.4, -0.2) is 24.5 Å². The first-order chi connectivity index (χ1) is 9.78. The van der Waals surface area contributed by atoms with Crippen molar-refractivity contribution in [2.45, 2.75) is 13.0 Å². The normalized spacial score (nSPS) is 10.9. The number of aliphatic imine (C=N–C) groups is 1. The Balaban J connectivity index is 0.00000220. The molecular formula is C14H18BrIN4S. The van der Waals surface area contributed by atoms with Gasteiger partial charge in [-0.05, 0) is 40.2 Å². The number of aromatic nitrogens is 1. The van der Waals surface area contributed by atoms with Crippen molar-refractivity contribution in [3.05, 3.63) is 50.9 Å². The minimum absolute atomic E-state index is 0. The van der Waals surface area contributed by atoms with Gasteiger partial charge in [-0.1, -0.05) is 6.07 Å². The molecule has 21 heavy (non-hydrogen) atoms. The number of halogens is 2. The highest BCUT2D eigenvalue weighted by molar-refractivity contribution is 14.0. The molecule has 0 aliphatic heterocycles. The first-order valence-electron chi connectivity index (χ1n) is 6.36. The number of rotatable bonds is 5. The minimum atomic E-state index is 0. The minimum Gasteiger partial charge on any atom is -0.356 e. The topological polar surface area (TPSA) is 49.3 Å². The molecule has 0 aliphatic rings. The Morgan fingerprint density at radius 3 is 2.76 bits per heavy atom. The average Bonchev–Trinajstić information content (AvgIpc) is 2.89. The molecule has 0 aliphatic carbocycles. The molecule has 0 amide bonds. The number of guanidine groups is 1. The smallest absolute Gasteiger partial charge is 0.191 e. The van der Waals surface area contributed by atoms with Crippen LogP contribution in [-0.2, 0) is 13.0 Å². The molecule has 0 atom stereocenters. The summed E-state index contributed by atoms with van der Waals surface area (Å²) in [6.45, 7) is 1.59. The average molecular weight is 481 g/mol. The van der Waals surface area contributed by atoms with Gasteiger partial charge in [0.15, 0.2) is 5.96 Å². The molecule has 2 aromatic rings. The highest BCUT2D eigenvalue weighted by Crippen LogP contribution is 2.21. The van der Waals surface area contributed by atoms with Crippen molar-refractivity contribution in [1.29, 1.82) is 0 Å². The number of thiophene rings is 1. The fraction of sp³-hybridized carbons (Fsp3) is 0.286. The van der Waals surface area contributed by atoms with Crippen molar-refractivity contribution in [1.82, 2.24) is 15.6 Å². The lowest BCUT2D eigenvalue weighted by molar-refractivity contribution is 0.788. The number of nitrogens with zero attached hydrogens (tertiary/aromatic N) is 2. The van der Waals surface area contributed by atoms with E-state index in [1.54, 1.807) is 18.4 Å². The Labute approximate surface area is 154 Å². The second kappa shape index (κ2) is 10.1. The molecule has 0 aromatic carbocycles. The van der Waals surface area contributed by atoms with E-state index in [-0.39, 0.29) is 24.0 Å². The maximum absolute atomic E-state index is 4.29. The first-order valence-corrected chi connectivity index (χ1v) is 7.97. The monoisotopic (exact) mass is 480 g/mol. The van der Waals surface area contributed by atoms with Gasteiger partial charge in [0, 0.05) is 36.8 Å². The van der Waals surface area contributed by atoms with Crippen LogP contribution in [0.4, 0.5) is 0 Å². The summed E-state index contributed by atoms with van der Waals surface area (Å²) < 4.78 is 1.15. The van der Waals surface area contributed by atoms with Crippen LogP contribution in [0.3, 0.4) is 0 Å². The SMILES string of the molecule is CN=C(NCCc1ccccn1)NCc1ccc(Br)s1.I. The van der Waals surface area contributed by atoms with Gasteiger partial charge in [0.2, 0.25) is 0 Å². The van der Waals surface area contributed by atoms with E-state index >= 15 is 0 Å². The van der Waals surface area contributed by atoms with Crippen molar-refractivity contribution in [2.75, 3.05) is 13.6 Å². The Hall–Kier alpha value is -0.670. The zero-order chi connectivity index (χ0) is 14.2. The molecule has 0 saturated heterocycles. The summed E-state index contributed by atoms with van der Waals surface area (Å²) in [6, 6.07) is 10.1. The predicted octanol–water partition coefficient (Wildman–Crippen LogP) is 3.43. The van der Waals surface area contributed by atoms with Crippen LogP contribution in [0.5, 0.6) is 0 Å². The highest BCUT2D eigenvalue weighted by atomic mass is 127. The number of hydrogen-bond acceptors (Lipinski definition) is 3. The molecule has 0 unspecified atom stereocenters. The van der Waals surface area contributed by atoms with Gasteiger partial charge in [-0.3, -0.25) is 9.98 Å². The molecule has 2 aromatic heterocycles. The van der Waals surface area contributed by atoms with E-state index in [0.29, 0.717) is 0 Å². The zero-order valence-electron chi connectivity index (χ0n) is 11.7. The summed E-state index contributed by atoms with van der Waals surface area (Å²) in [5, 5.41) is 6.58. The van der Waals surface area contributed by atoms with Gasteiger partial charge < -0.3 is 10.6 Å². The van der Waals surface area contributed by atoms with Gasteiger partial charge in [0.05, 0.1) is 10.3 Å². The summed E-state index contributed by atoms with van der Waals surface area (Å²) in [6.07, 6.45) is 2.70. The summed E-state index contributed by atoms with van der Waals surface area (Å²) in [4.78, 5) is 9.77. The lowest BCUT2D eigenvalue weighted by Crippen LogP contribution is -2.37. The van der Waals surface area contributed by atoms with Crippen LogP contribution in [0.2, 0.25) is 0 Å². The third-order valence-corrected chi connectivity index (χ3v) is 4.31. The summed E-state index contributed by atoms with van der Waals surface area (Å²) in [5.41, 5.74) is 1.08. The van der Waals surface area contributed by atoms with Crippen LogP contribution in [0.15, 0.2) is 45.3 Å². The van der Waals surface area contributed by atoms with E-state index < -0.39 is 0 Å². The molecule has 0 saturated carbocycles. The van der Waals surface area contributed by atoms with Gasteiger partial charge in [-0.25, -0.2) is 0 Å². The Morgan fingerprint density at radius 2 is 2.14 bits per heavy atom. The van der Waals surface area contributed by atoms with Gasteiger partial charge in [-0.2, -0.15) is 0 Å². The van der Waals surface area contributed by atoms with Crippen molar-refractivity contribution < 1.29 is 0 Å². The van der Waals surface area contributed by atoms with Crippen molar-refractivity contribution in [3.63, 3.8) is 0 Å². The third kappa shape index (κ3) is 6.75. The van der Waals surface area contributed by atoms with E-state index in [0.717, 1.165) is 35.0 Å². The molecule has 2 heterocycles. The van der Waals surface area contributed by atoms with Crippen LogP contribution < -0.4 is 10.6 Å². The molecule has 7 heteroatoms. The fourth-order valence-electron chi connectivity index (χ4n) is 1.69. The second-order valence-corrected chi connectivity index (χ2v) is 6.68. The van der Waals surface area contributed by atoms with E-state index in [1.165, 1.54) is 4.88 Å². The summed E-state index contributed by atoms with van der Waals surface area (Å²) in [7, 11) is 1.78. The Bertz CT molecular complexity index is 559. The van der Waals surface area contributed by atoms with Gasteiger partial charge in [-0.15, -0.1) is 35.3 Å². The van der Waals surface area contributed by atoms with E-state index in [4.69, 9.17) is 0 Å². The molecule has 2 N–H and O–H groups in total. The van der Waals surface area contributed by atoms with Crippen LogP contribution in [0.1, 0.15) is 10.6 Å². The molecule has 0 spiro atoms. The predicted molar refractivity (Wildman–Crippen MR) is 104 cm³/mol.